The van der Waals surface area contributed by atoms with Gasteiger partial charge in [-0.3, -0.25) is 0 Å². The van der Waals surface area contributed by atoms with Crippen molar-refractivity contribution < 1.29 is 10.2 Å². The number of thiophene rings is 1. The monoisotopic (exact) mass is 846 g/mol. The molecule has 3 aliphatic carbocycles. The van der Waals surface area contributed by atoms with Crippen molar-refractivity contribution in [2.24, 2.45) is 0 Å². The molecule has 0 atom stereocenters. The van der Waals surface area contributed by atoms with Gasteiger partial charge in [0, 0.05) is 0 Å². The van der Waals surface area contributed by atoms with E-state index < -0.39 is 15.8 Å². The Balaban J connectivity index is 1.69. The maximum atomic E-state index is 9.42. The van der Waals surface area contributed by atoms with Crippen LogP contribution in [0.2, 0.25) is 0 Å². The number of aromatic nitrogens is 3. The van der Waals surface area contributed by atoms with Gasteiger partial charge in [-0.15, -0.1) is 0 Å². The van der Waals surface area contributed by atoms with Crippen LogP contribution < -0.4 is 0 Å². The van der Waals surface area contributed by atoms with Crippen molar-refractivity contribution in [2.75, 3.05) is 0 Å². The minimum atomic E-state index is -5.01. The van der Waals surface area contributed by atoms with Gasteiger partial charge < -0.3 is 0 Å². The topological polar surface area (TPSA) is 22.8 Å². The first kappa shape index (κ1) is 36.0. The summed E-state index contributed by atoms with van der Waals surface area (Å²) in [6.07, 6.45) is 19.5. The molecule has 8 rings (SSSR count). The van der Waals surface area contributed by atoms with Crippen molar-refractivity contribution >= 4 is 40.9 Å². The molecule has 0 aliphatic heterocycles. The Morgan fingerprint density at radius 1 is 0.588 bits per heavy atom. The molecular formula is C43H53Cl2N3PRuS. The number of benzene rings is 3. The van der Waals surface area contributed by atoms with Crippen LogP contribution in [0.1, 0.15) is 101 Å². The number of halogens is 2. The molecule has 0 spiro atoms. The van der Waals surface area contributed by atoms with E-state index >= 15 is 0 Å². The second-order valence-corrected chi connectivity index (χ2v) is 44.0. The van der Waals surface area contributed by atoms with E-state index in [0.717, 1.165) is 26.8 Å². The second-order valence-electron chi connectivity index (χ2n) is 15.1. The molecule has 2 heterocycles. The van der Waals surface area contributed by atoms with E-state index in [0.29, 0.717) is 17.0 Å². The van der Waals surface area contributed by atoms with Gasteiger partial charge >= 0.3 is 319 Å². The number of para-hydroxylation sites is 2. The zero-order chi connectivity index (χ0) is 34.8. The van der Waals surface area contributed by atoms with Gasteiger partial charge in [-0.05, 0) is 0 Å². The van der Waals surface area contributed by atoms with Crippen LogP contribution in [0.4, 0.5) is 0 Å². The van der Waals surface area contributed by atoms with Gasteiger partial charge in [0.25, 0.3) is 0 Å². The fourth-order valence-electron chi connectivity index (χ4n) is 10.2. The van der Waals surface area contributed by atoms with Crippen molar-refractivity contribution in [1.29, 1.82) is 0 Å². The summed E-state index contributed by atoms with van der Waals surface area (Å²) >= 11 is 1.81. The zero-order valence-corrected chi connectivity index (χ0v) is 34.7. The Morgan fingerprint density at radius 2 is 1.06 bits per heavy atom. The van der Waals surface area contributed by atoms with Crippen LogP contribution in [0.5, 0.6) is 0 Å². The Kier molecular flexibility index (Phi) is 10.9. The second kappa shape index (κ2) is 15.4. The normalized spacial score (nSPS) is 19.7. The van der Waals surface area contributed by atoms with Gasteiger partial charge in [-0.1, -0.05) is 0 Å². The van der Waals surface area contributed by atoms with Crippen LogP contribution in [0.3, 0.4) is 0 Å². The molecule has 0 N–H and O–H groups in total. The van der Waals surface area contributed by atoms with Crippen LogP contribution >= 0.6 is 36.3 Å². The minimum absolute atomic E-state index is 0.609. The first-order valence-corrected chi connectivity index (χ1v) is 31.3. The van der Waals surface area contributed by atoms with Gasteiger partial charge in [0.1, 0.15) is 0 Å². The van der Waals surface area contributed by atoms with E-state index in [2.05, 4.69) is 122 Å². The van der Waals surface area contributed by atoms with Gasteiger partial charge in [0.05, 0.1) is 0 Å². The molecule has 0 bridgehead atoms. The Hall–Kier alpha value is -2.00. The summed E-state index contributed by atoms with van der Waals surface area (Å²) in [6.45, 7) is 0. The number of hydrogen-bond donors (Lipinski definition) is 0. The average molecular weight is 847 g/mol. The van der Waals surface area contributed by atoms with Crippen LogP contribution in [-0.2, 0) is 10.2 Å². The van der Waals surface area contributed by atoms with Gasteiger partial charge in [-0.2, -0.15) is 0 Å². The van der Waals surface area contributed by atoms with E-state index in [1.54, 1.807) is 0 Å². The van der Waals surface area contributed by atoms with Gasteiger partial charge in [0.15, 0.2) is 0 Å². The number of rotatable bonds is 8. The van der Waals surface area contributed by atoms with E-state index in [4.69, 9.17) is 5.10 Å². The predicted octanol–water partition coefficient (Wildman–Crippen LogP) is 13.4. The summed E-state index contributed by atoms with van der Waals surface area (Å²) in [6, 6.07) is 36.9. The van der Waals surface area contributed by atoms with Crippen molar-refractivity contribution in [2.45, 2.75) is 113 Å². The standard InChI is InChI=1S/C20H15N3.C18H33P.C5H4S.2ClH.Ru/c1-4-10-17(11-5-1)20-21-23(19-14-8-3-9-15-19)16-22(20)18-12-6-2-7-13-18;1-4-10-16(11-5-1)19(17-12-6-2-7-13-17)18-14-8-3-9-15-18;1-5-3-2-4-6-5;;;/h1-15H;16-18H,1-15H2;1-4H;2*1H;/q;;;;;+1/p-1. The molecule has 0 radical (unpaired) electrons. The Morgan fingerprint density at radius 3 is 1.53 bits per heavy atom. The molecule has 273 valence electrons. The summed E-state index contributed by atoms with van der Waals surface area (Å²) in [5.74, 6) is 0.909. The third kappa shape index (κ3) is 6.50. The maximum absolute atomic E-state index is 9.42. The summed E-state index contributed by atoms with van der Waals surface area (Å²) in [5.41, 5.74) is 2.31. The van der Waals surface area contributed by atoms with Crippen LogP contribution in [0, 0.1) is 4.01 Å². The van der Waals surface area contributed by atoms with E-state index in [9.17, 15) is 19.4 Å². The number of nitrogens with zero attached hydrogens (tertiary/aromatic N) is 3. The van der Waals surface area contributed by atoms with Crippen molar-refractivity contribution in [3.05, 3.63) is 117 Å². The Bertz CT molecular complexity index is 2040. The zero-order valence-electron chi connectivity index (χ0n) is 29.7. The molecule has 3 aromatic carbocycles. The Labute approximate surface area is 316 Å². The van der Waals surface area contributed by atoms with Crippen molar-refractivity contribution in [1.82, 2.24) is 14.3 Å². The van der Waals surface area contributed by atoms with Gasteiger partial charge in [-0.25, -0.2) is 0 Å². The summed E-state index contributed by atoms with van der Waals surface area (Å²) in [7, 11) is 13.8. The quantitative estimate of drug-likeness (QED) is 0.113. The van der Waals surface area contributed by atoms with Crippen molar-refractivity contribution in [3.8, 4) is 22.8 Å². The SMILES string of the molecule is [Cl][Ru]([Cl])(=[CH]c1cccs1)(=[c]1n(-c2ccccc2)nc(-c2ccccc2)n1-c1ccccc1)[PH](C1CCCCC1)(C1CCCCC1)C1CCCCC1. The fraction of sp³-hybridized carbons (Fsp3) is 0.419. The number of hydrogen-bond acceptors (Lipinski definition) is 2. The average Bonchev–Trinajstić information content (AvgIpc) is 3.86. The van der Waals surface area contributed by atoms with Crippen molar-refractivity contribution in [3.63, 3.8) is 0 Å². The van der Waals surface area contributed by atoms with Gasteiger partial charge in [0.2, 0.25) is 0 Å². The third-order valence-corrected chi connectivity index (χ3v) is 50.2. The van der Waals surface area contributed by atoms with E-state index in [1.165, 1.54) is 101 Å². The summed E-state index contributed by atoms with van der Waals surface area (Å²) in [5, 5.41) is 7.89. The molecule has 0 saturated heterocycles. The first-order chi connectivity index (χ1) is 25.0. The molecule has 3 aliphatic rings. The predicted molar refractivity (Wildman–Crippen MR) is 222 cm³/mol. The molecule has 0 amide bonds. The molecule has 3 nitrogen and oxygen atoms in total. The fourth-order valence-corrected chi connectivity index (χ4v) is 59.3. The molecule has 3 fully saturated rings. The van der Waals surface area contributed by atoms with E-state index in [-0.39, 0.29) is 0 Å². The third-order valence-electron chi connectivity index (χ3n) is 12.1. The molecule has 8 heteroatoms. The molecule has 3 saturated carbocycles. The molecule has 5 aromatic rings. The molecular weight excluding hydrogens is 794 g/mol. The molecule has 0 unspecified atom stereocenters. The van der Waals surface area contributed by atoms with Crippen LogP contribution in [-0.4, -0.2) is 35.9 Å². The molecule has 51 heavy (non-hydrogen) atoms. The van der Waals surface area contributed by atoms with E-state index in [1.807, 2.05) is 11.3 Å². The summed E-state index contributed by atoms with van der Waals surface area (Å²) < 4.78 is 8.35. The first-order valence-electron chi connectivity index (χ1n) is 19.3. The van der Waals surface area contributed by atoms with Crippen LogP contribution in [0.15, 0.2) is 109 Å². The molecule has 2 aromatic heterocycles. The van der Waals surface area contributed by atoms with Crippen LogP contribution in [0.25, 0.3) is 22.8 Å². The summed E-state index contributed by atoms with van der Waals surface area (Å²) in [4.78, 5) is 1.23.